The highest BCUT2D eigenvalue weighted by Crippen LogP contribution is 2.29. The van der Waals surface area contributed by atoms with E-state index in [-0.39, 0.29) is 36.3 Å². The molecule has 1 unspecified atom stereocenters. The monoisotopic (exact) mass is 428 g/mol. The fourth-order valence-corrected chi connectivity index (χ4v) is 5.12. The molecule has 7 heteroatoms. The van der Waals surface area contributed by atoms with E-state index in [1.807, 2.05) is 50.2 Å². The normalized spacial score (nSPS) is 16.7. The predicted molar refractivity (Wildman–Crippen MR) is 118 cm³/mol. The fraction of sp³-hybridized carbons (Fsp3) is 0.391. The molecule has 2 aromatic rings. The molecule has 1 aliphatic rings. The largest absolute Gasteiger partial charge is 0.356 e. The van der Waals surface area contributed by atoms with Crippen molar-refractivity contribution in [3.63, 3.8) is 0 Å². The Morgan fingerprint density at radius 2 is 1.83 bits per heavy atom. The van der Waals surface area contributed by atoms with Crippen LogP contribution in [0.3, 0.4) is 0 Å². The number of anilines is 1. The minimum Gasteiger partial charge on any atom is -0.356 e. The smallest absolute Gasteiger partial charge is 0.227 e. The van der Waals surface area contributed by atoms with Gasteiger partial charge in [0.1, 0.15) is 0 Å². The molecule has 1 saturated heterocycles. The molecule has 1 atom stereocenters. The van der Waals surface area contributed by atoms with Crippen LogP contribution in [0, 0.1) is 19.8 Å². The summed E-state index contributed by atoms with van der Waals surface area (Å²) in [5.74, 6) is -0.659. The van der Waals surface area contributed by atoms with Gasteiger partial charge in [-0.3, -0.25) is 9.59 Å². The van der Waals surface area contributed by atoms with Gasteiger partial charge in [0.05, 0.1) is 17.4 Å². The minimum atomic E-state index is -3.23. The number of amides is 2. The minimum absolute atomic E-state index is 0.00369. The van der Waals surface area contributed by atoms with Crippen LogP contribution in [-0.4, -0.2) is 39.1 Å². The standard InChI is InChI=1S/C23H28N2O4S/c1-17-8-6-11-21(18(17)2)25-15-20(14-22(25)26)23(27)24-12-7-13-30(28,29)16-19-9-4-3-5-10-19/h3-6,8-11,20H,7,12-16H2,1-2H3,(H,24,27). The summed E-state index contributed by atoms with van der Waals surface area (Å²) >= 11 is 0. The van der Waals surface area contributed by atoms with Crippen molar-refractivity contribution >= 4 is 27.3 Å². The third-order valence-corrected chi connectivity index (χ3v) is 7.21. The lowest BCUT2D eigenvalue weighted by molar-refractivity contribution is -0.126. The van der Waals surface area contributed by atoms with Crippen molar-refractivity contribution in [2.45, 2.75) is 32.4 Å². The number of hydrogen-bond donors (Lipinski definition) is 1. The van der Waals surface area contributed by atoms with Crippen molar-refractivity contribution in [2.24, 2.45) is 5.92 Å². The lowest BCUT2D eigenvalue weighted by Crippen LogP contribution is -2.34. The summed E-state index contributed by atoms with van der Waals surface area (Å²) in [5, 5.41) is 2.80. The van der Waals surface area contributed by atoms with Crippen LogP contribution in [0.4, 0.5) is 5.69 Å². The Kier molecular flexibility index (Phi) is 6.92. The van der Waals surface area contributed by atoms with Crippen LogP contribution in [0.25, 0.3) is 0 Å². The highest BCUT2D eigenvalue weighted by atomic mass is 32.2. The van der Waals surface area contributed by atoms with Gasteiger partial charge in [-0.05, 0) is 43.0 Å². The number of rotatable bonds is 8. The van der Waals surface area contributed by atoms with E-state index in [0.717, 1.165) is 22.4 Å². The zero-order valence-corrected chi connectivity index (χ0v) is 18.2. The molecular formula is C23H28N2O4S. The van der Waals surface area contributed by atoms with Gasteiger partial charge in [0.2, 0.25) is 11.8 Å². The van der Waals surface area contributed by atoms with Gasteiger partial charge >= 0.3 is 0 Å². The summed E-state index contributed by atoms with van der Waals surface area (Å²) in [5.41, 5.74) is 3.75. The summed E-state index contributed by atoms with van der Waals surface area (Å²) < 4.78 is 24.5. The third kappa shape index (κ3) is 5.48. The topological polar surface area (TPSA) is 83.6 Å². The van der Waals surface area contributed by atoms with Gasteiger partial charge in [-0.15, -0.1) is 0 Å². The second-order valence-corrected chi connectivity index (χ2v) is 10.0. The predicted octanol–water partition coefficient (Wildman–Crippen LogP) is 2.78. The van der Waals surface area contributed by atoms with E-state index in [1.165, 1.54) is 0 Å². The molecule has 0 spiro atoms. The van der Waals surface area contributed by atoms with Gasteiger partial charge in [0.15, 0.2) is 9.84 Å². The molecule has 1 aliphatic heterocycles. The molecule has 1 fully saturated rings. The molecule has 0 saturated carbocycles. The van der Waals surface area contributed by atoms with Crippen LogP contribution in [0.2, 0.25) is 0 Å². The number of sulfone groups is 1. The highest BCUT2D eigenvalue weighted by Gasteiger charge is 2.35. The van der Waals surface area contributed by atoms with E-state index >= 15 is 0 Å². The summed E-state index contributed by atoms with van der Waals surface area (Å²) in [6, 6.07) is 14.9. The zero-order chi connectivity index (χ0) is 21.7. The molecule has 6 nitrogen and oxygen atoms in total. The maximum absolute atomic E-state index is 12.5. The van der Waals surface area contributed by atoms with Crippen molar-refractivity contribution in [3.05, 3.63) is 65.2 Å². The molecule has 3 rings (SSSR count). The molecular weight excluding hydrogens is 400 g/mol. The Hall–Kier alpha value is -2.67. The van der Waals surface area contributed by atoms with Gasteiger partial charge in [0.25, 0.3) is 0 Å². The quantitative estimate of drug-likeness (QED) is 0.656. The van der Waals surface area contributed by atoms with Crippen LogP contribution in [0.15, 0.2) is 48.5 Å². The Morgan fingerprint density at radius 3 is 2.57 bits per heavy atom. The van der Waals surface area contributed by atoms with E-state index in [0.29, 0.717) is 13.0 Å². The summed E-state index contributed by atoms with van der Waals surface area (Å²) in [4.78, 5) is 26.6. The van der Waals surface area contributed by atoms with Crippen LogP contribution < -0.4 is 10.2 Å². The molecule has 30 heavy (non-hydrogen) atoms. The number of nitrogens with zero attached hydrogens (tertiary/aromatic N) is 1. The van der Waals surface area contributed by atoms with Gasteiger partial charge in [-0.25, -0.2) is 8.42 Å². The van der Waals surface area contributed by atoms with Crippen molar-refractivity contribution in [3.8, 4) is 0 Å². The first-order valence-corrected chi connectivity index (χ1v) is 12.0. The van der Waals surface area contributed by atoms with Gasteiger partial charge in [0, 0.05) is 25.2 Å². The number of aryl methyl sites for hydroxylation is 1. The Balaban J connectivity index is 1.47. The van der Waals surface area contributed by atoms with E-state index in [4.69, 9.17) is 0 Å². The van der Waals surface area contributed by atoms with Gasteiger partial charge in [-0.1, -0.05) is 42.5 Å². The third-order valence-electron chi connectivity index (χ3n) is 5.52. The second-order valence-electron chi connectivity index (χ2n) is 7.85. The molecule has 0 aliphatic carbocycles. The molecule has 1 heterocycles. The Morgan fingerprint density at radius 1 is 1.10 bits per heavy atom. The van der Waals surface area contributed by atoms with Crippen molar-refractivity contribution in [1.29, 1.82) is 0 Å². The zero-order valence-electron chi connectivity index (χ0n) is 17.4. The Labute approximate surface area is 178 Å². The van der Waals surface area contributed by atoms with Crippen LogP contribution in [-0.2, 0) is 25.2 Å². The Bertz CT molecular complexity index is 1020. The van der Waals surface area contributed by atoms with Crippen molar-refractivity contribution in [1.82, 2.24) is 5.32 Å². The maximum Gasteiger partial charge on any atom is 0.227 e. The average molecular weight is 429 g/mol. The molecule has 0 bridgehead atoms. The van der Waals surface area contributed by atoms with Crippen molar-refractivity contribution in [2.75, 3.05) is 23.7 Å². The lowest BCUT2D eigenvalue weighted by atomic mass is 10.1. The molecule has 0 radical (unpaired) electrons. The first kappa shape index (κ1) is 22.0. The SMILES string of the molecule is Cc1cccc(N2CC(C(=O)NCCCS(=O)(=O)Cc3ccccc3)CC2=O)c1C. The molecule has 2 amide bonds. The number of hydrogen-bond acceptors (Lipinski definition) is 4. The van der Waals surface area contributed by atoms with E-state index < -0.39 is 15.8 Å². The summed E-state index contributed by atoms with van der Waals surface area (Å²) in [6.07, 6.45) is 0.522. The van der Waals surface area contributed by atoms with E-state index in [2.05, 4.69) is 5.32 Å². The maximum atomic E-state index is 12.5. The number of carbonyl (C=O) groups excluding carboxylic acids is 2. The number of benzene rings is 2. The van der Waals surface area contributed by atoms with E-state index in [1.54, 1.807) is 17.0 Å². The molecule has 0 aromatic heterocycles. The van der Waals surface area contributed by atoms with Crippen LogP contribution in [0.5, 0.6) is 0 Å². The second kappa shape index (κ2) is 9.43. The number of carbonyl (C=O) groups is 2. The number of nitrogens with one attached hydrogen (secondary N) is 1. The van der Waals surface area contributed by atoms with Crippen molar-refractivity contribution < 1.29 is 18.0 Å². The molecule has 2 aromatic carbocycles. The molecule has 160 valence electrons. The van der Waals surface area contributed by atoms with E-state index in [9.17, 15) is 18.0 Å². The van der Waals surface area contributed by atoms with Gasteiger partial charge in [-0.2, -0.15) is 0 Å². The van der Waals surface area contributed by atoms with Crippen LogP contribution >= 0.6 is 0 Å². The molecule has 1 N–H and O–H groups in total. The summed E-state index contributed by atoms with van der Waals surface area (Å²) in [7, 11) is -3.23. The van der Waals surface area contributed by atoms with Gasteiger partial charge < -0.3 is 10.2 Å². The van der Waals surface area contributed by atoms with Crippen LogP contribution in [0.1, 0.15) is 29.5 Å². The lowest BCUT2D eigenvalue weighted by Gasteiger charge is -2.20. The first-order valence-electron chi connectivity index (χ1n) is 10.2. The summed E-state index contributed by atoms with van der Waals surface area (Å²) in [6.45, 7) is 4.60. The first-order chi connectivity index (χ1) is 14.3. The fourth-order valence-electron chi connectivity index (χ4n) is 3.69. The highest BCUT2D eigenvalue weighted by molar-refractivity contribution is 7.90. The average Bonchev–Trinajstić information content (AvgIpc) is 3.09.